The van der Waals surface area contributed by atoms with Crippen molar-refractivity contribution in [3.63, 3.8) is 0 Å². The summed E-state index contributed by atoms with van der Waals surface area (Å²) in [5.74, 6) is 2.41. The van der Waals surface area contributed by atoms with Gasteiger partial charge >= 0.3 is 0 Å². The lowest BCUT2D eigenvalue weighted by Crippen LogP contribution is -2.33. The van der Waals surface area contributed by atoms with Crippen LogP contribution < -0.4 is 10.5 Å². The molecule has 6 nitrogen and oxygen atoms in total. The standard InChI is InChI=1S/C20H21N5O/c26-20-15-4-1-2-5-16(15)23-19(25(20)12-14-7-8-14)17-6-3-11-24(17)18-9-10-21-13-22-18/h1-2,4-5,9-10,13-14,17H,3,6-8,11-12H2. The van der Waals surface area contributed by atoms with Gasteiger partial charge in [-0.05, 0) is 49.8 Å². The van der Waals surface area contributed by atoms with E-state index < -0.39 is 0 Å². The Morgan fingerprint density at radius 3 is 2.81 bits per heavy atom. The van der Waals surface area contributed by atoms with Gasteiger partial charge in [0.1, 0.15) is 18.0 Å². The molecular weight excluding hydrogens is 326 g/mol. The zero-order chi connectivity index (χ0) is 17.5. The molecular formula is C20H21N5O. The second kappa shape index (κ2) is 6.20. The zero-order valence-corrected chi connectivity index (χ0v) is 14.6. The molecule has 1 saturated heterocycles. The number of anilines is 1. The van der Waals surface area contributed by atoms with Crippen LogP contribution in [0.2, 0.25) is 0 Å². The Labute approximate surface area is 151 Å². The number of nitrogens with zero attached hydrogens (tertiary/aromatic N) is 5. The minimum atomic E-state index is 0.0842. The van der Waals surface area contributed by atoms with Crippen LogP contribution in [0.4, 0.5) is 5.82 Å². The number of aromatic nitrogens is 4. The molecule has 3 aromatic rings. The lowest BCUT2D eigenvalue weighted by Gasteiger charge is -2.27. The monoisotopic (exact) mass is 347 g/mol. The molecule has 1 unspecified atom stereocenters. The highest BCUT2D eigenvalue weighted by Gasteiger charge is 2.33. The molecule has 1 aliphatic carbocycles. The maximum Gasteiger partial charge on any atom is 0.261 e. The highest BCUT2D eigenvalue weighted by atomic mass is 16.1. The molecule has 0 radical (unpaired) electrons. The summed E-state index contributed by atoms with van der Waals surface area (Å²) in [5.41, 5.74) is 0.876. The normalized spacial score (nSPS) is 20.0. The third kappa shape index (κ3) is 2.66. The van der Waals surface area contributed by atoms with Crippen LogP contribution in [0.25, 0.3) is 10.9 Å². The summed E-state index contributed by atoms with van der Waals surface area (Å²) in [5, 5.41) is 0.712. The molecule has 26 heavy (non-hydrogen) atoms. The largest absolute Gasteiger partial charge is 0.346 e. The van der Waals surface area contributed by atoms with Crippen LogP contribution in [0.5, 0.6) is 0 Å². The fourth-order valence-corrected chi connectivity index (χ4v) is 3.94. The summed E-state index contributed by atoms with van der Waals surface area (Å²) in [4.78, 5) is 28.9. The quantitative estimate of drug-likeness (QED) is 0.726. The maximum atomic E-state index is 13.2. The van der Waals surface area contributed by atoms with Gasteiger partial charge in [-0.2, -0.15) is 0 Å². The van der Waals surface area contributed by atoms with Crippen LogP contribution in [0.3, 0.4) is 0 Å². The van der Waals surface area contributed by atoms with Gasteiger partial charge in [-0.25, -0.2) is 15.0 Å². The Kier molecular flexibility index (Phi) is 3.69. The van der Waals surface area contributed by atoms with Crippen LogP contribution in [-0.2, 0) is 6.54 Å². The highest BCUT2D eigenvalue weighted by Crippen LogP contribution is 2.36. The smallest absolute Gasteiger partial charge is 0.261 e. The molecule has 2 aromatic heterocycles. The molecule has 1 aromatic carbocycles. The summed E-state index contributed by atoms with van der Waals surface area (Å²) in [6.07, 6.45) is 7.82. The highest BCUT2D eigenvalue weighted by molar-refractivity contribution is 5.77. The number of benzene rings is 1. The first kappa shape index (κ1) is 15.5. The predicted molar refractivity (Wildman–Crippen MR) is 100 cm³/mol. The van der Waals surface area contributed by atoms with E-state index in [0.29, 0.717) is 11.3 Å². The van der Waals surface area contributed by atoms with E-state index in [4.69, 9.17) is 4.98 Å². The van der Waals surface area contributed by atoms with Crippen LogP contribution in [0.1, 0.15) is 37.5 Å². The second-order valence-electron chi connectivity index (χ2n) is 7.27. The van der Waals surface area contributed by atoms with Crippen molar-refractivity contribution in [2.45, 2.75) is 38.3 Å². The van der Waals surface area contributed by atoms with Gasteiger partial charge in [0.2, 0.25) is 0 Å². The molecule has 1 saturated carbocycles. The Hall–Kier alpha value is -2.76. The van der Waals surface area contributed by atoms with E-state index in [1.54, 1.807) is 12.5 Å². The molecule has 0 amide bonds. The Morgan fingerprint density at radius 2 is 2.00 bits per heavy atom. The van der Waals surface area contributed by atoms with Crippen LogP contribution in [0, 0.1) is 5.92 Å². The van der Waals surface area contributed by atoms with Crippen molar-refractivity contribution in [2.24, 2.45) is 5.92 Å². The third-order valence-electron chi connectivity index (χ3n) is 5.44. The number of rotatable bonds is 4. The van der Waals surface area contributed by atoms with Gasteiger partial charge in [-0.15, -0.1) is 0 Å². The number of hydrogen-bond acceptors (Lipinski definition) is 5. The summed E-state index contributed by atoms with van der Waals surface area (Å²) >= 11 is 0. The maximum absolute atomic E-state index is 13.2. The molecule has 2 fully saturated rings. The van der Waals surface area contributed by atoms with Gasteiger partial charge < -0.3 is 4.90 Å². The fourth-order valence-electron chi connectivity index (χ4n) is 3.94. The molecule has 1 atom stereocenters. The Balaban J connectivity index is 1.66. The van der Waals surface area contributed by atoms with E-state index in [1.165, 1.54) is 12.8 Å². The van der Waals surface area contributed by atoms with Gasteiger partial charge in [0.05, 0.1) is 16.9 Å². The minimum absolute atomic E-state index is 0.0842. The summed E-state index contributed by atoms with van der Waals surface area (Å²) < 4.78 is 1.93. The molecule has 2 aliphatic rings. The van der Waals surface area contributed by atoms with Crippen LogP contribution in [0.15, 0.2) is 47.7 Å². The molecule has 5 rings (SSSR count). The first-order valence-corrected chi connectivity index (χ1v) is 9.33. The Bertz CT molecular complexity index is 996. The van der Waals surface area contributed by atoms with E-state index >= 15 is 0 Å². The van der Waals surface area contributed by atoms with Gasteiger partial charge in [0.25, 0.3) is 5.56 Å². The number of fused-ring (bicyclic) bond motifs is 1. The molecule has 6 heteroatoms. The summed E-state index contributed by atoms with van der Waals surface area (Å²) in [6.45, 7) is 1.70. The molecule has 1 aliphatic heterocycles. The first-order chi connectivity index (χ1) is 12.8. The molecule has 0 N–H and O–H groups in total. The van der Waals surface area contributed by atoms with Crippen molar-refractivity contribution in [2.75, 3.05) is 11.4 Å². The van der Waals surface area contributed by atoms with E-state index in [9.17, 15) is 4.79 Å². The number of hydrogen-bond donors (Lipinski definition) is 0. The lowest BCUT2D eigenvalue weighted by molar-refractivity contribution is 0.526. The van der Waals surface area contributed by atoms with Crippen LogP contribution in [-0.4, -0.2) is 26.1 Å². The molecule has 0 bridgehead atoms. The van der Waals surface area contributed by atoms with Crippen molar-refractivity contribution in [1.29, 1.82) is 0 Å². The average Bonchev–Trinajstić information content (AvgIpc) is 3.37. The zero-order valence-electron chi connectivity index (χ0n) is 14.6. The van der Waals surface area contributed by atoms with E-state index in [0.717, 1.165) is 43.1 Å². The van der Waals surface area contributed by atoms with E-state index in [-0.39, 0.29) is 11.6 Å². The van der Waals surface area contributed by atoms with Gasteiger partial charge in [-0.3, -0.25) is 9.36 Å². The van der Waals surface area contributed by atoms with Crippen molar-refractivity contribution >= 4 is 16.7 Å². The minimum Gasteiger partial charge on any atom is -0.346 e. The van der Waals surface area contributed by atoms with Crippen molar-refractivity contribution in [3.05, 3.63) is 59.0 Å². The van der Waals surface area contributed by atoms with Crippen LogP contribution >= 0.6 is 0 Å². The summed E-state index contributed by atoms with van der Waals surface area (Å²) in [6, 6.07) is 9.69. The molecule has 3 heterocycles. The lowest BCUT2D eigenvalue weighted by atomic mass is 10.1. The van der Waals surface area contributed by atoms with Gasteiger partial charge in [0.15, 0.2) is 0 Å². The summed E-state index contributed by atoms with van der Waals surface area (Å²) in [7, 11) is 0. The molecule has 0 spiro atoms. The number of para-hydroxylation sites is 1. The topological polar surface area (TPSA) is 63.9 Å². The third-order valence-corrected chi connectivity index (χ3v) is 5.44. The average molecular weight is 347 g/mol. The van der Waals surface area contributed by atoms with Gasteiger partial charge in [0, 0.05) is 19.3 Å². The Morgan fingerprint density at radius 1 is 1.12 bits per heavy atom. The first-order valence-electron chi connectivity index (χ1n) is 9.33. The second-order valence-corrected chi connectivity index (χ2v) is 7.27. The van der Waals surface area contributed by atoms with Crippen molar-refractivity contribution in [1.82, 2.24) is 19.5 Å². The van der Waals surface area contributed by atoms with Crippen molar-refractivity contribution in [3.8, 4) is 0 Å². The van der Waals surface area contributed by atoms with E-state index in [2.05, 4.69) is 14.9 Å². The van der Waals surface area contributed by atoms with Gasteiger partial charge in [-0.1, -0.05) is 12.1 Å². The van der Waals surface area contributed by atoms with E-state index in [1.807, 2.05) is 34.9 Å². The molecule has 132 valence electrons. The van der Waals surface area contributed by atoms with Crippen molar-refractivity contribution < 1.29 is 0 Å². The fraction of sp³-hybridized carbons (Fsp3) is 0.400. The predicted octanol–water partition coefficient (Wildman–Crippen LogP) is 2.94. The SMILES string of the molecule is O=c1c2ccccc2nc(C2CCCN2c2ccncn2)n1CC1CC1.